The molecule has 1 aromatic heterocycles. The lowest BCUT2D eigenvalue weighted by atomic mass is 10.2. The van der Waals surface area contributed by atoms with Crippen molar-refractivity contribution in [2.24, 2.45) is 0 Å². The fraction of sp³-hybridized carbons (Fsp3) is 0.0769. The molecule has 0 aliphatic heterocycles. The number of rotatable bonds is 3. The van der Waals surface area contributed by atoms with Gasteiger partial charge in [0.2, 0.25) is 0 Å². The minimum absolute atomic E-state index is 0.190. The lowest BCUT2D eigenvalue weighted by molar-refractivity contribution is 0.0950. The number of hydrogen-bond donors (Lipinski definition) is 1. The van der Waals surface area contributed by atoms with Crippen LogP contribution in [-0.4, -0.2) is 10.9 Å². The van der Waals surface area contributed by atoms with E-state index in [1.807, 2.05) is 24.3 Å². The van der Waals surface area contributed by atoms with E-state index in [9.17, 15) is 4.79 Å². The minimum atomic E-state index is -0.251. The van der Waals surface area contributed by atoms with Gasteiger partial charge in [-0.15, -0.1) is 0 Å². The van der Waals surface area contributed by atoms with Crippen molar-refractivity contribution >= 4 is 49.4 Å². The monoisotopic (exact) mass is 402 g/mol. The summed E-state index contributed by atoms with van der Waals surface area (Å²) >= 11 is 12.5. The van der Waals surface area contributed by atoms with Gasteiger partial charge in [0.15, 0.2) is 0 Å². The highest BCUT2D eigenvalue weighted by atomic mass is 79.9. The van der Waals surface area contributed by atoms with E-state index < -0.39 is 0 Å². The lowest BCUT2D eigenvalue weighted by Crippen LogP contribution is -2.23. The molecule has 19 heavy (non-hydrogen) atoms. The van der Waals surface area contributed by atoms with E-state index in [-0.39, 0.29) is 11.1 Å². The summed E-state index contributed by atoms with van der Waals surface area (Å²) in [5.41, 5.74) is 1.35. The van der Waals surface area contributed by atoms with Gasteiger partial charge in [-0.05, 0) is 39.7 Å². The molecular weight excluding hydrogens is 395 g/mol. The Hall–Kier alpha value is -0.910. The summed E-state index contributed by atoms with van der Waals surface area (Å²) in [4.78, 5) is 15.9. The molecule has 2 rings (SSSR count). The van der Waals surface area contributed by atoms with Gasteiger partial charge in [0.25, 0.3) is 5.91 Å². The largest absolute Gasteiger partial charge is 0.348 e. The van der Waals surface area contributed by atoms with E-state index in [0.29, 0.717) is 16.6 Å². The van der Waals surface area contributed by atoms with Crippen LogP contribution in [0.3, 0.4) is 0 Å². The molecule has 0 radical (unpaired) electrons. The predicted octanol–water partition coefficient (Wildman–Crippen LogP) is 4.19. The van der Waals surface area contributed by atoms with Gasteiger partial charge in [-0.2, -0.15) is 0 Å². The molecule has 0 bridgehead atoms. The highest BCUT2D eigenvalue weighted by molar-refractivity contribution is 9.10. The average Bonchev–Trinajstić information content (AvgIpc) is 2.39. The van der Waals surface area contributed by atoms with E-state index in [4.69, 9.17) is 11.6 Å². The third-order valence-electron chi connectivity index (χ3n) is 2.39. The van der Waals surface area contributed by atoms with Crippen LogP contribution in [0, 0.1) is 0 Å². The first-order valence-electron chi connectivity index (χ1n) is 5.40. The molecule has 3 nitrogen and oxygen atoms in total. The van der Waals surface area contributed by atoms with Crippen LogP contribution in [0.25, 0.3) is 0 Å². The SMILES string of the molecule is O=C(NCc1cccc(Br)c1)c1cc(Br)cnc1Cl. The summed E-state index contributed by atoms with van der Waals surface area (Å²) < 4.78 is 1.69. The van der Waals surface area contributed by atoms with E-state index in [1.54, 1.807) is 12.3 Å². The Bertz CT molecular complexity index is 619. The molecule has 1 aromatic carbocycles. The Labute approximate surface area is 132 Å². The highest BCUT2D eigenvalue weighted by Crippen LogP contribution is 2.18. The van der Waals surface area contributed by atoms with Crippen LogP contribution in [0.15, 0.2) is 45.5 Å². The zero-order valence-electron chi connectivity index (χ0n) is 9.66. The highest BCUT2D eigenvalue weighted by Gasteiger charge is 2.11. The molecule has 0 fully saturated rings. The summed E-state index contributed by atoms with van der Waals surface area (Å²) in [6.45, 7) is 0.432. The Morgan fingerprint density at radius 2 is 2.05 bits per heavy atom. The third-order valence-corrected chi connectivity index (χ3v) is 3.62. The third kappa shape index (κ3) is 4.03. The quantitative estimate of drug-likeness (QED) is 0.780. The molecule has 98 valence electrons. The van der Waals surface area contributed by atoms with Crippen LogP contribution < -0.4 is 5.32 Å². The fourth-order valence-corrected chi connectivity index (χ4v) is 2.47. The van der Waals surface area contributed by atoms with Crippen LogP contribution >= 0.6 is 43.5 Å². The van der Waals surface area contributed by atoms with Crippen molar-refractivity contribution < 1.29 is 4.79 Å². The van der Waals surface area contributed by atoms with Crippen molar-refractivity contribution in [2.75, 3.05) is 0 Å². The first-order chi connectivity index (χ1) is 9.06. The maximum Gasteiger partial charge on any atom is 0.254 e. The zero-order valence-corrected chi connectivity index (χ0v) is 13.6. The van der Waals surface area contributed by atoms with Gasteiger partial charge in [-0.1, -0.05) is 39.7 Å². The van der Waals surface area contributed by atoms with Gasteiger partial charge in [0.05, 0.1) is 5.56 Å². The van der Waals surface area contributed by atoms with Crippen molar-refractivity contribution in [3.05, 3.63) is 61.8 Å². The van der Waals surface area contributed by atoms with E-state index in [0.717, 1.165) is 10.0 Å². The Morgan fingerprint density at radius 1 is 1.26 bits per heavy atom. The minimum Gasteiger partial charge on any atom is -0.348 e. The van der Waals surface area contributed by atoms with Crippen molar-refractivity contribution in [3.8, 4) is 0 Å². The number of carbonyl (C=O) groups is 1. The molecule has 1 amide bonds. The van der Waals surface area contributed by atoms with E-state index in [1.165, 1.54) is 0 Å². The van der Waals surface area contributed by atoms with Crippen LogP contribution in [0.2, 0.25) is 5.15 Å². The molecule has 1 N–H and O–H groups in total. The second kappa shape index (κ2) is 6.50. The number of halogens is 3. The van der Waals surface area contributed by atoms with Crippen molar-refractivity contribution in [3.63, 3.8) is 0 Å². The normalized spacial score (nSPS) is 10.3. The molecule has 1 heterocycles. The maximum atomic E-state index is 12.0. The summed E-state index contributed by atoms with van der Waals surface area (Å²) in [5, 5.41) is 3.00. The number of pyridine rings is 1. The van der Waals surface area contributed by atoms with Gasteiger partial charge < -0.3 is 5.32 Å². The molecule has 0 atom stereocenters. The van der Waals surface area contributed by atoms with Gasteiger partial charge >= 0.3 is 0 Å². The van der Waals surface area contributed by atoms with Gasteiger partial charge in [0, 0.05) is 21.7 Å². The van der Waals surface area contributed by atoms with Crippen molar-refractivity contribution in [2.45, 2.75) is 6.54 Å². The van der Waals surface area contributed by atoms with Crippen LogP contribution in [0.1, 0.15) is 15.9 Å². The number of nitrogens with one attached hydrogen (secondary N) is 1. The van der Waals surface area contributed by atoms with Crippen LogP contribution in [0.4, 0.5) is 0 Å². The topological polar surface area (TPSA) is 42.0 Å². The summed E-state index contributed by atoms with van der Waals surface area (Å²) in [5.74, 6) is -0.251. The summed E-state index contributed by atoms with van der Waals surface area (Å²) in [7, 11) is 0. The number of benzene rings is 1. The number of nitrogens with zero attached hydrogens (tertiary/aromatic N) is 1. The molecule has 0 spiro atoms. The summed E-state index contributed by atoms with van der Waals surface area (Å²) in [6.07, 6.45) is 1.55. The Morgan fingerprint density at radius 3 is 2.79 bits per heavy atom. The first-order valence-corrected chi connectivity index (χ1v) is 7.36. The average molecular weight is 404 g/mol. The van der Waals surface area contributed by atoms with Crippen molar-refractivity contribution in [1.82, 2.24) is 10.3 Å². The molecule has 0 saturated heterocycles. The second-order valence-corrected chi connectivity index (χ2v) is 5.99. The number of amides is 1. The lowest BCUT2D eigenvalue weighted by Gasteiger charge is -2.07. The van der Waals surface area contributed by atoms with Gasteiger partial charge in [-0.25, -0.2) is 4.98 Å². The zero-order chi connectivity index (χ0) is 13.8. The Balaban J connectivity index is 2.07. The smallest absolute Gasteiger partial charge is 0.254 e. The number of carbonyl (C=O) groups excluding carboxylic acids is 1. The summed E-state index contributed by atoms with van der Waals surface area (Å²) in [6, 6.07) is 9.37. The number of aromatic nitrogens is 1. The number of hydrogen-bond acceptors (Lipinski definition) is 2. The van der Waals surface area contributed by atoms with E-state index >= 15 is 0 Å². The molecule has 0 saturated carbocycles. The van der Waals surface area contributed by atoms with E-state index in [2.05, 4.69) is 42.2 Å². The van der Waals surface area contributed by atoms with Crippen LogP contribution in [-0.2, 0) is 6.54 Å². The molecule has 2 aromatic rings. The molecule has 0 aliphatic carbocycles. The van der Waals surface area contributed by atoms with Crippen molar-refractivity contribution in [1.29, 1.82) is 0 Å². The molecular formula is C13H9Br2ClN2O. The van der Waals surface area contributed by atoms with Crippen LogP contribution in [0.5, 0.6) is 0 Å². The standard InChI is InChI=1S/C13H9Br2ClN2O/c14-9-3-1-2-8(4-9)6-18-13(19)11-5-10(15)7-17-12(11)16/h1-5,7H,6H2,(H,18,19). The maximum absolute atomic E-state index is 12.0. The molecule has 0 unspecified atom stereocenters. The van der Waals surface area contributed by atoms with Gasteiger partial charge in [0.1, 0.15) is 5.15 Å². The molecule has 6 heteroatoms. The fourth-order valence-electron chi connectivity index (χ4n) is 1.51. The van der Waals surface area contributed by atoms with Gasteiger partial charge in [-0.3, -0.25) is 4.79 Å². The first kappa shape index (κ1) is 14.5. The second-order valence-electron chi connectivity index (χ2n) is 3.80. The Kier molecular flexibility index (Phi) is 4.96. The molecule has 0 aliphatic rings. The predicted molar refractivity (Wildman–Crippen MR) is 82.3 cm³/mol.